The van der Waals surface area contributed by atoms with E-state index >= 15 is 0 Å². The normalized spacial score (nSPS) is 11.5. The average Bonchev–Trinajstić information content (AvgIpc) is 3.39. The second-order valence-electron chi connectivity index (χ2n) is 7.03. The van der Waals surface area contributed by atoms with E-state index in [4.69, 9.17) is 14.1 Å². The molecule has 0 aliphatic heterocycles. The minimum atomic E-state index is 0.676. The fourth-order valence-electron chi connectivity index (χ4n) is 3.13. The number of nitrogens with zero attached hydrogens (tertiary/aromatic N) is 3. The summed E-state index contributed by atoms with van der Waals surface area (Å²) in [4.78, 5) is 6.97. The molecule has 0 aliphatic carbocycles. The maximum Gasteiger partial charge on any atom is 0.194 e. The number of methoxy groups -OCH3 is 1. The Morgan fingerprint density at radius 2 is 1.97 bits per heavy atom. The van der Waals surface area contributed by atoms with Crippen LogP contribution >= 0.6 is 0 Å². The lowest BCUT2D eigenvalue weighted by molar-refractivity contribution is 0.414. The number of guanidine groups is 1. The molecule has 0 saturated carbocycles. The van der Waals surface area contributed by atoms with Crippen molar-refractivity contribution in [3.8, 4) is 5.75 Å². The van der Waals surface area contributed by atoms with Crippen LogP contribution in [-0.2, 0) is 26.4 Å². The van der Waals surface area contributed by atoms with E-state index in [1.807, 2.05) is 24.3 Å². The van der Waals surface area contributed by atoms with Crippen LogP contribution < -0.4 is 10.1 Å². The lowest BCUT2D eigenvalue weighted by Crippen LogP contribution is -2.40. The third-order valence-electron chi connectivity index (χ3n) is 4.87. The third kappa shape index (κ3) is 6.17. The van der Waals surface area contributed by atoms with Gasteiger partial charge in [-0.15, -0.1) is 0 Å². The van der Waals surface area contributed by atoms with Crippen molar-refractivity contribution in [2.45, 2.75) is 19.4 Å². The zero-order valence-corrected chi connectivity index (χ0v) is 17.5. The summed E-state index contributed by atoms with van der Waals surface area (Å²) in [6.07, 6.45) is 5.47. The predicted molar refractivity (Wildman–Crippen MR) is 116 cm³/mol. The topological polar surface area (TPSA) is 54.9 Å². The molecule has 2 heterocycles. The van der Waals surface area contributed by atoms with Crippen LogP contribution in [0.15, 0.2) is 70.4 Å². The summed E-state index contributed by atoms with van der Waals surface area (Å²) in [6.45, 7) is 2.28. The van der Waals surface area contributed by atoms with E-state index in [-0.39, 0.29) is 0 Å². The standard InChI is InChI=1S/C23H30N4O2/c1-26-16-4-6-20(26)18-27(2)23(25-15-13-22-7-5-17-29-22)24-14-12-19-8-10-21(28-3)11-9-19/h4-11,16-17H,12-15,18H2,1-3H3,(H,24,25). The molecule has 0 radical (unpaired) electrons. The maximum atomic E-state index is 5.42. The highest BCUT2D eigenvalue weighted by Gasteiger charge is 2.09. The molecule has 0 amide bonds. The molecule has 0 atom stereocenters. The van der Waals surface area contributed by atoms with Gasteiger partial charge in [0, 0.05) is 45.5 Å². The molecule has 0 bridgehead atoms. The Hall–Kier alpha value is -3.15. The van der Waals surface area contributed by atoms with E-state index in [0.29, 0.717) is 6.54 Å². The molecule has 0 fully saturated rings. The number of rotatable bonds is 9. The summed E-state index contributed by atoms with van der Waals surface area (Å²) in [5.41, 5.74) is 2.50. The van der Waals surface area contributed by atoms with Gasteiger partial charge in [-0.2, -0.15) is 0 Å². The van der Waals surface area contributed by atoms with Crippen LogP contribution in [0.3, 0.4) is 0 Å². The molecule has 1 N–H and O–H groups in total. The van der Waals surface area contributed by atoms with Crippen molar-refractivity contribution in [1.29, 1.82) is 0 Å². The Morgan fingerprint density at radius 1 is 1.14 bits per heavy atom. The molecule has 6 heteroatoms. The SMILES string of the molecule is COc1ccc(CCNC(=NCCc2ccco2)N(C)Cc2cccn2C)cc1. The highest BCUT2D eigenvalue weighted by Crippen LogP contribution is 2.11. The first-order chi connectivity index (χ1) is 14.2. The van der Waals surface area contributed by atoms with Gasteiger partial charge in [0.1, 0.15) is 11.5 Å². The second kappa shape index (κ2) is 10.4. The molecule has 0 unspecified atom stereocenters. The Morgan fingerprint density at radius 3 is 2.62 bits per heavy atom. The number of ether oxygens (including phenoxy) is 1. The van der Waals surface area contributed by atoms with Crippen molar-refractivity contribution in [2.75, 3.05) is 27.2 Å². The van der Waals surface area contributed by atoms with Gasteiger partial charge in [0.25, 0.3) is 0 Å². The Labute approximate surface area is 172 Å². The van der Waals surface area contributed by atoms with Gasteiger partial charge in [0.15, 0.2) is 5.96 Å². The number of hydrogen-bond acceptors (Lipinski definition) is 3. The number of hydrogen-bond donors (Lipinski definition) is 1. The molecular weight excluding hydrogens is 364 g/mol. The molecule has 2 aromatic heterocycles. The first-order valence-electron chi connectivity index (χ1n) is 9.90. The number of nitrogens with one attached hydrogen (secondary N) is 1. The highest BCUT2D eigenvalue weighted by molar-refractivity contribution is 5.79. The molecule has 0 aliphatic rings. The van der Waals surface area contributed by atoms with E-state index in [1.54, 1.807) is 13.4 Å². The quantitative estimate of drug-likeness (QED) is 0.446. The van der Waals surface area contributed by atoms with Gasteiger partial charge in [0.05, 0.1) is 19.9 Å². The molecular formula is C23H30N4O2. The monoisotopic (exact) mass is 394 g/mol. The van der Waals surface area contributed by atoms with Crippen LogP contribution in [0.25, 0.3) is 0 Å². The fraction of sp³-hybridized carbons (Fsp3) is 0.348. The molecule has 3 rings (SSSR count). The lowest BCUT2D eigenvalue weighted by atomic mass is 10.1. The predicted octanol–water partition coefficient (Wildman–Crippen LogP) is 3.49. The molecule has 3 aromatic rings. The van der Waals surface area contributed by atoms with Gasteiger partial charge in [-0.3, -0.25) is 4.99 Å². The van der Waals surface area contributed by atoms with Crippen molar-refractivity contribution >= 4 is 5.96 Å². The summed E-state index contributed by atoms with van der Waals surface area (Å²) < 4.78 is 12.8. The zero-order valence-electron chi connectivity index (χ0n) is 17.5. The molecule has 29 heavy (non-hydrogen) atoms. The molecule has 0 spiro atoms. The van der Waals surface area contributed by atoms with Crippen molar-refractivity contribution in [3.63, 3.8) is 0 Å². The number of aliphatic imine (C=N–C) groups is 1. The number of benzene rings is 1. The lowest BCUT2D eigenvalue weighted by Gasteiger charge is -2.23. The van der Waals surface area contributed by atoms with Gasteiger partial charge in [-0.05, 0) is 48.4 Å². The first kappa shape index (κ1) is 20.6. The summed E-state index contributed by atoms with van der Waals surface area (Å²) in [5.74, 6) is 2.73. The van der Waals surface area contributed by atoms with Crippen LogP contribution in [0.1, 0.15) is 17.0 Å². The third-order valence-corrected chi connectivity index (χ3v) is 4.87. The van der Waals surface area contributed by atoms with Crippen molar-refractivity contribution in [2.24, 2.45) is 12.0 Å². The van der Waals surface area contributed by atoms with Crippen LogP contribution in [-0.4, -0.2) is 42.7 Å². The fourth-order valence-corrected chi connectivity index (χ4v) is 3.13. The summed E-state index contributed by atoms with van der Waals surface area (Å²) >= 11 is 0. The molecule has 1 aromatic carbocycles. The number of aryl methyl sites for hydroxylation is 1. The van der Waals surface area contributed by atoms with Gasteiger partial charge >= 0.3 is 0 Å². The summed E-state index contributed by atoms with van der Waals surface area (Å²) in [7, 11) is 5.82. The summed E-state index contributed by atoms with van der Waals surface area (Å²) in [6, 6.07) is 16.3. The zero-order chi connectivity index (χ0) is 20.5. The van der Waals surface area contributed by atoms with E-state index < -0.39 is 0 Å². The number of furan rings is 1. The van der Waals surface area contributed by atoms with Crippen LogP contribution in [0.5, 0.6) is 5.75 Å². The minimum Gasteiger partial charge on any atom is -0.497 e. The smallest absolute Gasteiger partial charge is 0.194 e. The Bertz CT molecular complexity index is 882. The van der Waals surface area contributed by atoms with Crippen LogP contribution in [0, 0.1) is 0 Å². The Kier molecular flexibility index (Phi) is 7.39. The van der Waals surface area contributed by atoms with E-state index in [1.165, 1.54) is 11.3 Å². The number of aromatic nitrogens is 1. The largest absolute Gasteiger partial charge is 0.497 e. The van der Waals surface area contributed by atoms with Gasteiger partial charge in [-0.1, -0.05) is 12.1 Å². The van der Waals surface area contributed by atoms with Gasteiger partial charge in [-0.25, -0.2) is 0 Å². The first-order valence-corrected chi connectivity index (χ1v) is 9.90. The van der Waals surface area contributed by atoms with E-state index in [2.05, 4.69) is 59.3 Å². The van der Waals surface area contributed by atoms with E-state index in [0.717, 1.165) is 43.4 Å². The van der Waals surface area contributed by atoms with Crippen LogP contribution in [0.2, 0.25) is 0 Å². The second-order valence-corrected chi connectivity index (χ2v) is 7.03. The Balaban J connectivity index is 1.59. The highest BCUT2D eigenvalue weighted by atomic mass is 16.5. The van der Waals surface area contributed by atoms with Crippen molar-refractivity contribution in [3.05, 3.63) is 78.0 Å². The molecule has 6 nitrogen and oxygen atoms in total. The molecule has 0 saturated heterocycles. The van der Waals surface area contributed by atoms with Crippen molar-refractivity contribution < 1.29 is 9.15 Å². The summed E-state index contributed by atoms with van der Waals surface area (Å²) in [5, 5.41) is 3.51. The van der Waals surface area contributed by atoms with Gasteiger partial charge < -0.3 is 23.9 Å². The van der Waals surface area contributed by atoms with E-state index in [9.17, 15) is 0 Å². The van der Waals surface area contributed by atoms with Gasteiger partial charge in [0.2, 0.25) is 0 Å². The van der Waals surface area contributed by atoms with Crippen molar-refractivity contribution in [1.82, 2.24) is 14.8 Å². The average molecular weight is 395 g/mol. The molecule has 154 valence electrons. The van der Waals surface area contributed by atoms with Crippen LogP contribution in [0.4, 0.5) is 0 Å². The minimum absolute atomic E-state index is 0.676. The maximum absolute atomic E-state index is 5.42.